The molecule has 2 atom stereocenters. The van der Waals surface area contributed by atoms with Crippen molar-refractivity contribution in [2.75, 3.05) is 0 Å². The molecule has 0 saturated heterocycles. The topological polar surface area (TPSA) is 32.3 Å². The number of phenolic OH excluding ortho intramolecular Hbond substituents is 1. The van der Waals surface area contributed by atoms with E-state index in [0.717, 1.165) is 0 Å². The van der Waals surface area contributed by atoms with Gasteiger partial charge >= 0.3 is 0 Å². The summed E-state index contributed by atoms with van der Waals surface area (Å²) in [5, 5.41) is 13.4. The Kier molecular flexibility index (Phi) is 5.41. The highest BCUT2D eigenvalue weighted by Crippen LogP contribution is 2.29. The summed E-state index contributed by atoms with van der Waals surface area (Å²) in [5.41, 5.74) is 0.644. The Balaban J connectivity index is 1.99. The van der Waals surface area contributed by atoms with Crippen LogP contribution in [-0.2, 0) is 0 Å². The van der Waals surface area contributed by atoms with Crippen molar-refractivity contribution in [1.82, 2.24) is 5.32 Å². The maximum absolute atomic E-state index is 13.3. The van der Waals surface area contributed by atoms with E-state index >= 15 is 0 Å². The van der Waals surface area contributed by atoms with Gasteiger partial charge in [0.2, 0.25) is 0 Å². The number of benzene rings is 1. The smallest absolute Gasteiger partial charge is 0.123 e. The molecule has 2 N–H and O–H groups in total. The van der Waals surface area contributed by atoms with Gasteiger partial charge in [-0.05, 0) is 50.8 Å². The van der Waals surface area contributed by atoms with Gasteiger partial charge in [-0.15, -0.1) is 0 Å². The Morgan fingerprint density at radius 1 is 1.15 bits per heavy atom. The number of hydrogen-bond donors (Lipinski definition) is 2. The standard InChI is InChI=1S/C17H26FNO/c1-12(14-7-5-3-4-6-8-14)19-13(2)16-11-15(18)9-10-17(16)20/h9-14,19-20H,3-8H2,1-2H3/t12-,13?/m0/s1. The highest BCUT2D eigenvalue weighted by atomic mass is 19.1. The average molecular weight is 279 g/mol. The molecule has 1 aromatic carbocycles. The van der Waals surface area contributed by atoms with E-state index in [4.69, 9.17) is 0 Å². The van der Waals surface area contributed by atoms with Crippen molar-refractivity contribution >= 4 is 0 Å². The van der Waals surface area contributed by atoms with Crippen molar-refractivity contribution in [3.8, 4) is 5.75 Å². The van der Waals surface area contributed by atoms with Crippen LogP contribution in [0.15, 0.2) is 18.2 Å². The zero-order valence-electron chi connectivity index (χ0n) is 12.5. The Morgan fingerprint density at radius 2 is 1.80 bits per heavy atom. The van der Waals surface area contributed by atoms with E-state index in [1.54, 1.807) is 0 Å². The summed E-state index contributed by atoms with van der Waals surface area (Å²) in [6, 6.07) is 4.50. The van der Waals surface area contributed by atoms with Crippen LogP contribution < -0.4 is 5.32 Å². The van der Waals surface area contributed by atoms with Crippen molar-refractivity contribution in [3.05, 3.63) is 29.6 Å². The third-order valence-corrected chi connectivity index (χ3v) is 4.58. The minimum absolute atomic E-state index is 0.0380. The maximum atomic E-state index is 13.3. The van der Waals surface area contributed by atoms with E-state index in [9.17, 15) is 9.50 Å². The van der Waals surface area contributed by atoms with Gasteiger partial charge in [-0.2, -0.15) is 0 Å². The van der Waals surface area contributed by atoms with E-state index in [1.807, 2.05) is 6.92 Å². The molecule has 1 aliphatic rings. The fourth-order valence-electron chi connectivity index (χ4n) is 3.30. The minimum atomic E-state index is -0.298. The van der Waals surface area contributed by atoms with Crippen molar-refractivity contribution in [1.29, 1.82) is 0 Å². The van der Waals surface area contributed by atoms with Crippen molar-refractivity contribution < 1.29 is 9.50 Å². The summed E-state index contributed by atoms with van der Waals surface area (Å²) in [6.45, 7) is 4.20. The summed E-state index contributed by atoms with van der Waals surface area (Å²) >= 11 is 0. The molecule has 112 valence electrons. The van der Waals surface area contributed by atoms with Gasteiger partial charge in [-0.3, -0.25) is 0 Å². The van der Waals surface area contributed by atoms with E-state index in [0.29, 0.717) is 17.5 Å². The molecule has 1 saturated carbocycles. The van der Waals surface area contributed by atoms with Gasteiger partial charge in [0.05, 0.1) is 0 Å². The highest BCUT2D eigenvalue weighted by molar-refractivity contribution is 5.34. The fraction of sp³-hybridized carbons (Fsp3) is 0.647. The molecule has 0 amide bonds. The molecule has 2 rings (SSSR count). The Labute approximate surface area is 121 Å². The third kappa shape index (κ3) is 3.95. The van der Waals surface area contributed by atoms with Crippen LogP contribution in [0, 0.1) is 11.7 Å². The van der Waals surface area contributed by atoms with E-state index < -0.39 is 0 Å². The third-order valence-electron chi connectivity index (χ3n) is 4.58. The van der Waals surface area contributed by atoms with Crippen molar-refractivity contribution in [3.63, 3.8) is 0 Å². The van der Waals surface area contributed by atoms with Crippen LogP contribution in [0.25, 0.3) is 0 Å². The predicted octanol–water partition coefficient (Wildman–Crippen LogP) is 4.54. The van der Waals surface area contributed by atoms with Crippen LogP contribution >= 0.6 is 0 Å². The Bertz CT molecular complexity index is 427. The fourth-order valence-corrected chi connectivity index (χ4v) is 3.30. The molecular formula is C17H26FNO. The molecule has 0 heterocycles. The number of aromatic hydroxyl groups is 1. The number of rotatable bonds is 4. The monoisotopic (exact) mass is 279 g/mol. The lowest BCUT2D eigenvalue weighted by atomic mass is 9.92. The van der Waals surface area contributed by atoms with E-state index in [-0.39, 0.29) is 17.6 Å². The first-order valence-corrected chi connectivity index (χ1v) is 7.82. The Hall–Kier alpha value is -1.09. The number of halogens is 1. The first-order chi connectivity index (χ1) is 9.58. The lowest BCUT2D eigenvalue weighted by molar-refractivity contribution is 0.313. The van der Waals surface area contributed by atoms with Crippen LogP contribution in [0.5, 0.6) is 5.75 Å². The molecule has 0 bridgehead atoms. The van der Waals surface area contributed by atoms with Gasteiger partial charge in [0.25, 0.3) is 0 Å². The molecule has 1 fully saturated rings. The van der Waals surface area contributed by atoms with Crippen LogP contribution in [0.1, 0.15) is 64.0 Å². The SMILES string of the molecule is CC(N[C@@H](C)C1CCCCCC1)c1cc(F)ccc1O. The van der Waals surface area contributed by atoms with Crippen LogP contribution in [0.3, 0.4) is 0 Å². The summed E-state index contributed by atoms with van der Waals surface area (Å²) in [5.74, 6) is 0.559. The second-order valence-corrected chi connectivity index (χ2v) is 6.13. The van der Waals surface area contributed by atoms with Crippen LogP contribution in [0.2, 0.25) is 0 Å². The Morgan fingerprint density at radius 3 is 2.45 bits per heavy atom. The van der Waals surface area contributed by atoms with Gasteiger partial charge in [0.1, 0.15) is 11.6 Å². The molecule has 1 unspecified atom stereocenters. The lowest BCUT2D eigenvalue weighted by Gasteiger charge is -2.27. The quantitative estimate of drug-likeness (QED) is 0.793. The number of hydrogen-bond acceptors (Lipinski definition) is 2. The molecular weight excluding hydrogens is 253 g/mol. The van der Waals surface area contributed by atoms with Gasteiger partial charge in [0.15, 0.2) is 0 Å². The van der Waals surface area contributed by atoms with Gasteiger partial charge in [0, 0.05) is 17.6 Å². The van der Waals surface area contributed by atoms with Crippen molar-refractivity contribution in [2.45, 2.75) is 64.5 Å². The largest absolute Gasteiger partial charge is 0.508 e. The van der Waals surface area contributed by atoms with Crippen molar-refractivity contribution in [2.24, 2.45) is 5.92 Å². The average Bonchev–Trinajstić information content (AvgIpc) is 2.70. The molecule has 20 heavy (non-hydrogen) atoms. The molecule has 2 nitrogen and oxygen atoms in total. The van der Waals surface area contributed by atoms with Gasteiger partial charge in [-0.1, -0.05) is 25.7 Å². The lowest BCUT2D eigenvalue weighted by Crippen LogP contribution is -2.35. The van der Waals surface area contributed by atoms with Crippen LogP contribution in [0.4, 0.5) is 4.39 Å². The number of phenols is 1. The zero-order chi connectivity index (χ0) is 14.5. The highest BCUT2D eigenvalue weighted by Gasteiger charge is 2.21. The van der Waals surface area contributed by atoms with E-state index in [2.05, 4.69) is 12.2 Å². The van der Waals surface area contributed by atoms with Crippen LogP contribution in [-0.4, -0.2) is 11.1 Å². The number of nitrogens with one attached hydrogen (secondary N) is 1. The minimum Gasteiger partial charge on any atom is -0.508 e. The van der Waals surface area contributed by atoms with Gasteiger partial charge < -0.3 is 10.4 Å². The normalized spacial score (nSPS) is 20.4. The first-order valence-electron chi connectivity index (χ1n) is 7.82. The predicted molar refractivity (Wildman–Crippen MR) is 80.3 cm³/mol. The molecule has 0 radical (unpaired) electrons. The van der Waals surface area contributed by atoms with Gasteiger partial charge in [-0.25, -0.2) is 4.39 Å². The molecule has 0 aliphatic heterocycles. The molecule has 1 aliphatic carbocycles. The molecule has 0 spiro atoms. The second-order valence-electron chi connectivity index (χ2n) is 6.13. The summed E-state index contributed by atoms with van der Waals surface area (Å²) in [7, 11) is 0. The molecule has 3 heteroatoms. The summed E-state index contributed by atoms with van der Waals surface area (Å²) < 4.78 is 13.3. The molecule has 1 aromatic rings. The summed E-state index contributed by atoms with van der Waals surface area (Å²) in [4.78, 5) is 0. The maximum Gasteiger partial charge on any atom is 0.123 e. The molecule has 0 aromatic heterocycles. The zero-order valence-corrected chi connectivity index (χ0v) is 12.5. The van der Waals surface area contributed by atoms with E-state index in [1.165, 1.54) is 56.7 Å². The summed E-state index contributed by atoms with van der Waals surface area (Å²) in [6.07, 6.45) is 7.88. The second kappa shape index (κ2) is 7.07. The first kappa shape index (κ1) is 15.3.